The molecule has 3 rings (SSSR count). The standard InChI is InChI=1S/C22H20F6N2O4/c1-29-17(20(32)33)10-19(31)30-7-6-12-8-15(4-5-18(12)30)34-11-13-2-3-14(21(23,24)25)9-16(13)22(26,27)28/h2-5,8-9,17,29H,6-7,10-11H2,1H3,(H,32,33). The Balaban J connectivity index is 1.75. The van der Waals surface area contributed by atoms with Gasteiger partial charge in [0.05, 0.1) is 17.5 Å². The highest BCUT2D eigenvalue weighted by Crippen LogP contribution is 2.38. The third kappa shape index (κ3) is 5.61. The number of amides is 1. The maximum Gasteiger partial charge on any atom is 0.416 e. The molecule has 1 unspecified atom stereocenters. The molecule has 1 aliphatic heterocycles. The number of anilines is 1. The first-order valence-corrected chi connectivity index (χ1v) is 10.0. The van der Waals surface area contributed by atoms with Gasteiger partial charge in [-0.3, -0.25) is 9.59 Å². The molecule has 0 saturated heterocycles. The van der Waals surface area contributed by atoms with Crippen molar-refractivity contribution in [1.29, 1.82) is 0 Å². The van der Waals surface area contributed by atoms with Gasteiger partial charge in [-0.1, -0.05) is 6.07 Å². The van der Waals surface area contributed by atoms with Gasteiger partial charge in [-0.2, -0.15) is 26.3 Å². The molecule has 0 aliphatic carbocycles. The summed E-state index contributed by atoms with van der Waals surface area (Å²) in [4.78, 5) is 25.1. The number of fused-ring (bicyclic) bond motifs is 1. The largest absolute Gasteiger partial charge is 0.489 e. The molecule has 1 aliphatic rings. The summed E-state index contributed by atoms with van der Waals surface area (Å²) in [7, 11) is 1.43. The number of nitrogens with one attached hydrogen (secondary N) is 1. The Bertz CT molecular complexity index is 1080. The fourth-order valence-electron chi connectivity index (χ4n) is 3.63. The van der Waals surface area contributed by atoms with E-state index in [2.05, 4.69) is 5.32 Å². The van der Waals surface area contributed by atoms with E-state index in [1.807, 2.05) is 0 Å². The van der Waals surface area contributed by atoms with Crippen LogP contribution in [0.25, 0.3) is 0 Å². The monoisotopic (exact) mass is 490 g/mol. The van der Waals surface area contributed by atoms with Gasteiger partial charge in [0.1, 0.15) is 18.4 Å². The highest BCUT2D eigenvalue weighted by molar-refractivity contribution is 5.98. The number of carboxylic acid groups (broad SMARTS) is 1. The topological polar surface area (TPSA) is 78.9 Å². The van der Waals surface area contributed by atoms with Gasteiger partial charge in [-0.05, 0) is 49.4 Å². The first-order valence-electron chi connectivity index (χ1n) is 10.0. The number of ether oxygens (including phenoxy) is 1. The molecule has 2 aromatic rings. The zero-order chi connectivity index (χ0) is 25.3. The number of hydrogen-bond acceptors (Lipinski definition) is 4. The molecule has 0 aromatic heterocycles. The van der Waals surface area contributed by atoms with Gasteiger partial charge in [0.2, 0.25) is 5.91 Å². The van der Waals surface area contributed by atoms with E-state index in [0.29, 0.717) is 30.3 Å². The minimum atomic E-state index is -5.00. The van der Waals surface area contributed by atoms with Crippen LogP contribution < -0.4 is 15.0 Å². The molecule has 0 saturated carbocycles. The van der Waals surface area contributed by atoms with Crippen molar-refractivity contribution in [2.24, 2.45) is 0 Å². The van der Waals surface area contributed by atoms with Crippen LogP contribution in [0.4, 0.5) is 32.0 Å². The molecule has 1 atom stereocenters. The van der Waals surface area contributed by atoms with Crippen molar-refractivity contribution in [2.45, 2.75) is 37.8 Å². The number of hydrogen-bond donors (Lipinski definition) is 2. The maximum atomic E-state index is 13.3. The van der Waals surface area contributed by atoms with Crippen molar-refractivity contribution >= 4 is 17.6 Å². The minimum Gasteiger partial charge on any atom is -0.489 e. The molecule has 2 N–H and O–H groups in total. The third-order valence-corrected chi connectivity index (χ3v) is 5.41. The van der Waals surface area contributed by atoms with E-state index in [0.717, 1.165) is 6.07 Å². The van der Waals surface area contributed by atoms with Crippen LogP contribution >= 0.6 is 0 Å². The van der Waals surface area contributed by atoms with E-state index < -0.39 is 53.6 Å². The van der Waals surface area contributed by atoms with E-state index in [1.54, 1.807) is 0 Å². The first kappa shape index (κ1) is 25.3. The molecular weight excluding hydrogens is 470 g/mol. The highest BCUT2D eigenvalue weighted by atomic mass is 19.4. The second-order valence-corrected chi connectivity index (χ2v) is 7.63. The fourth-order valence-corrected chi connectivity index (χ4v) is 3.63. The van der Waals surface area contributed by atoms with Gasteiger partial charge in [-0.15, -0.1) is 0 Å². The number of alkyl halides is 6. The van der Waals surface area contributed by atoms with Crippen molar-refractivity contribution in [3.05, 3.63) is 58.7 Å². The van der Waals surface area contributed by atoms with Crippen molar-refractivity contribution in [3.8, 4) is 5.75 Å². The summed E-state index contributed by atoms with van der Waals surface area (Å²) >= 11 is 0. The van der Waals surface area contributed by atoms with Crippen LogP contribution in [0.1, 0.15) is 28.7 Å². The highest BCUT2D eigenvalue weighted by Gasteiger charge is 2.38. The average Bonchev–Trinajstić information content (AvgIpc) is 3.17. The van der Waals surface area contributed by atoms with Gasteiger partial charge in [-0.25, -0.2) is 0 Å². The summed E-state index contributed by atoms with van der Waals surface area (Å²) in [6, 6.07) is 4.80. The summed E-state index contributed by atoms with van der Waals surface area (Å²) in [5, 5.41) is 11.6. The van der Waals surface area contributed by atoms with Gasteiger partial charge in [0.15, 0.2) is 0 Å². The van der Waals surface area contributed by atoms with E-state index >= 15 is 0 Å². The smallest absolute Gasteiger partial charge is 0.416 e. The van der Waals surface area contributed by atoms with Crippen LogP contribution in [-0.4, -0.2) is 36.6 Å². The molecule has 2 aromatic carbocycles. The Labute approximate surface area is 190 Å². The lowest BCUT2D eigenvalue weighted by Crippen LogP contribution is -2.40. The zero-order valence-corrected chi connectivity index (χ0v) is 17.8. The predicted octanol–water partition coefficient (Wildman–Crippen LogP) is 4.26. The lowest BCUT2D eigenvalue weighted by Gasteiger charge is -2.20. The second kappa shape index (κ2) is 9.53. The van der Waals surface area contributed by atoms with Crippen LogP contribution in [0.3, 0.4) is 0 Å². The third-order valence-electron chi connectivity index (χ3n) is 5.41. The number of carbonyl (C=O) groups is 2. The molecule has 1 heterocycles. The summed E-state index contributed by atoms with van der Waals surface area (Å²) in [5.74, 6) is -1.39. The number of nitrogens with zero attached hydrogens (tertiary/aromatic N) is 1. The number of rotatable bonds is 7. The molecular formula is C22H20F6N2O4. The second-order valence-electron chi connectivity index (χ2n) is 7.63. The molecule has 12 heteroatoms. The van der Waals surface area contributed by atoms with Crippen LogP contribution in [0.5, 0.6) is 5.75 Å². The van der Waals surface area contributed by atoms with E-state index in [9.17, 15) is 35.9 Å². The molecule has 0 spiro atoms. The van der Waals surface area contributed by atoms with Gasteiger partial charge >= 0.3 is 18.3 Å². The lowest BCUT2D eigenvalue weighted by molar-refractivity contribution is -0.144. The zero-order valence-electron chi connectivity index (χ0n) is 17.8. The fraction of sp³-hybridized carbons (Fsp3) is 0.364. The van der Waals surface area contributed by atoms with E-state index in [4.69, 9.17) is 9.84 Å². The quantitative estimate of drug-likeness (QED) is 0.568. The molecule has 0 radical (unpaired) electrons. The maximum absolute atomic E-state index is 13.3. The summed E-state index contributed by atoms with van der Waals surface area (Å²) in [6.07, 6.45) is -9.76. The summed E-state index contributed by atoms with van der Waals surface area (Å²) < 4.78 is 83.8. The predicted molar refractivity (Wildman–Crippen MR) is 108 cm³/mol. The molecule has 1 amide bonds. The van der Waals surface area contributed by atoms with Gasteiger partial charge in [0.25, 0.3) is 0 Å². The van der Waals surface area contributed by atoms with Gasteiger partial charge in [0, 0.05) is 17.8 Å². The van der Waals surface area contributed by atoms with Crippen molar-refractivity contribution in [1.82, 2.24) is 5.32 Å². The van der Waals surface area contributed by atoms with Crippen molar-refractivity contribution in [3.63, 3.8) is 0 Å². The number of likely N-dealkylation sites (N-methyl/N-ethyl adjacent to an activating group) is 1. The Kier molecular flexibility index (Phi) is 7.10. The number of carbonyl (C=O) groups excluding carboxylic acids is 1. The lowest BCUT2D eigenvalue weighted by atomic mass is 10.0. The first-order chi connectivity index (χ1) is 15.8. The molecule has 6 nitrogen and oxygen atoms in total. The number of halogens is 6. The molecule has 0 bridgehead atoms. The van der Waals surface area contributed by atoms with Crippen LogP contribution in [0, 0.1) is 0 Å². The van der Waals surface area contributed by atoms with E-state index in [1.165, 1.54) is 30.1 Å². The Morgan fingerprint density at radius 3 is 2.38 bits per heavy atom. The number of benzene rings is 2. The van der Waals surface area contributed by atoms with Crippen LogP contribution in [0.15, 0.2) is 36.4 Å². The summed E-state index contributed by atoms with van der Waals surface area (Å²) in [5.41, 5.74) is -2.09. The Hall–Kier alpha value is -3.28. The van der Waals surface area contributed by atoms with Crippen molar-refractivity contribution < 1.29 is 45.8 Å². The SMILES string of the molecule is CNC(CC(=O)N1CCc2cc(OCc3ccc(C(F)(F)F)cc3C(F)(F)F)ccc21)C(=O)O. The normalized spacial score (nSPS) is 14.6. The van der Waals surface area contributed by atoms with Crippen molar-refractivity contribution in [2.75, 3.05) is 18.5 Å². The van der Waals surface area contributed by atoms with E-state index in [-0.39, 0.29) is 18.2 Å². The number of carboxylic acids is 1. The minimum absolute atomic E-state index is 0.0560. The molecule has 34 heavy (non-hydrogen) atoms. The van der Waals surface area contributed by atoms with Crippen LogP contribution in [-0.2, 0) is 35.0 Å². The van der Waals surface area contributed by atoms with Crippen LogP contribution in [0.2, 0.25) is 0 Å². The van der Waals surface area contributed by atoms with Gasteiger partial charge < -0.3 is 20.1 Å². The molecule has 0 fully saturated rings. The Morgan fingerprint density at radius 1 is 1.09 bits per heavy atom. The summed E-state index contributed by atoms with van der Waals surface area (Å²) in [6.45, 7) is -0.318. The average molecular weight is 490 g/mol. The Morgan fingerprint density at radius 2 is 1.79 bits per heavy atom. The molecule has 184 valence electrons. The number of aliphatic carboxylic acids is 1.